The van der Waals surface area contributed by atoms with E-state index in [1.165, 1.54) is 0 Å². The van der Waals surface area contributed by atoms with Gasteiger partial charge in [0.25, 0.3) is 0 Å². The van der Waals surface area contributed by atoms with Gasteiger partial charge in [-0.1, -0.05) is 0 Å². The Labute approximate surface area is 90.6 Å². The van der Waals surface area contributed by atoms with Crippen molar-refractivity contribution in [2.45, 2.75) is 38.6 Å². The molecule has 0 spiro atoms. The number of nitrogens with zero attached hydrogens (tertiary/aromatic N) is 2. The maximum absolute atomic E-state index is 11.5. The molecule has 0 aliphatic rings. The number of hydrogen-bond acceptors (Lipinski definition) is 3. The molecule has 1 atom stereocenters. The van der Waals surface area contributed by atoms with Gasteiger partial charge in [0, 0.05) is 25.0 Å². The van der Waals surface area contributed by atoms with Crippen molar-refractivity contribution < 1.29 is 8.42 Å². The zero-order valence-electron chi connectivity index (χ0n) is 9.21. The summed E-state index contributed by atoms with van der Waals surface area (Å²) in [6, 6.07) is -0.133. The Morgan fingerprint density at radius 3 is 2.53 bits per heavy atom. The average Bonchev–Trinajstić information content (AvgIpc) is 2.54. The predicted octanol–water partition coefficient (Wildman–Crippen LogP) is 0.599. The fourth-order valence-electron chi connectivity index (χ4n) is 1.16. The Morgan fingerprint density at radius 1 is 1.40 bits per heavy atom. The van der Waals surface area contributed by atoms with Gasteiger partial charge in [0.05, 0.1) is 11.6 Å². The molecule has 6 heteroatoms. The zero-order chi connectivity index (χ0) is 11.5. The SMILES string of the molecule is CC(Cn1ccnc1)NS(=O)(=O)C(C)C. The van der Waals surface area contributed by atoms with E-state index in [4.69, 9.17) is 0 Å². The van der Waals surface area contributed by atoms with Crippen molar-refractivity contribution in [1.82, 2.24) is 14.3 Å². The van der Waals surface area contributed by atoms with Crippen LogP contribution in [-0.4, -0.2) is 29.3 Å². The highest BCUT2D eigenvalue weighted by Crippen LogP contribution is 2.00. The fourth-order valence-corrected chi connectivity index (χ4v) is 2.07. The Morgan fingerprint density at radius 2 is 2.07 bits per heavy atom. The van der Waals surface area contributed by atoms with Crippen molar-refractivity contribution in [2.24, 2.45) is 0 Å². The summed E-state index contributed by atoms with van der Waals surface area (Å²) < 4.78 is 27.5. The van der Waals surface area contributed by atoms with E-state index in [0.29, 0.717) is 6.54 Å². The Balaban J connectivity index is 2.53. The molecule has 1 rings (SSSR count). The second-order valence-electron chi connectivity index (χ2n) is 3.87. The molecule has 1 heterocycles. The summed E-state index contributed by atoms with van der Waals surface area (Å²) in [6.07, 6.45) is 5.14. The molecule has 86 valence electrons. The second-order valence-corrected chi connectivity index (χ2v) is 6.14. The Bertz CT molecular complexity index is 383. The van der Waals surface area contributed by atoms with Gasteiger partial charge in [-0.3, -0.25) is 0 Å². The molecule has 0 saturated carbocycles. The first-order valence-corrected chi connectivity index (χ1v) is 6.43. The maximum atomic E-state index is 11.5. The summed E-state index contributed by atoms with van der Waals surface area (Å²) in [4.78, 5) is 3.89. The quantitative estimate of drug-likeness (QED) is 0.807. The number of nitrogens with one attached hydrogen (secondary N) is 1. The van der Waals surface area contributed by atoms with Crippen LogP contribution in [0.4, 0.5) is 0 Å². The number of rotatable bonds is 5. The Hall–Kier alpha value is -0.880. The van der Waals surface area contributed by atoms with Gasteiger partial charge in [0.1, 0.15) is 0 Å². The van der Waals surface area contributed by atoms with Crippen molar-refractivity contribution in [1.29, 1.82) is 0 Å². The van der Waals surface area contributed by atoms with E-state index >= 15 is 0 Å². The minimum absolute atomic E-state index is 0.133. The molecule has 1 N–H and O–H groups in total. The molecule has 0 aliphatic heterocycles. The first-order chi connectivity index (χ1) is 6.92. The van der Waals surface area contributed by atoms with E-state index in [0.717, 1.165) is 0 Å². The Kier molecular flexibility index (Phi) is 3.87. The first kappa shape index (κ1) is 12.2. The molecule has 0 aliphatic carbocycles. The molecule has 0 bridgehead atoms. The molecule has 1 aromatic heterocycles. The topological polar surface area (TPSA) is 64.0 Å². The van der Waals surface area contributed by atoms with Crippen LogP contribution >= 0.6 is 0 Å². The third-order valence-electron chi connectivity index (χ3n) is 2.03. The lowest BCUT2D eigenvalue weighted by Crippen LogP contribution is -2.39. The van der Waals surface area contributed by atoms with Crippen molar-refractivity contribution in [2.75, 3.05) is 0 Å². The van der Waals surface area contributed by atoms with Crippen molar-refractivity contribution in [3.63, 3.8) is 0 Å². The van der Waals surface area contributed by atoms with Crippen LogP contribution in [0.3, 0.4) is 0 Å². The molecular weight excluding hydrogens is 214 g/mol. The van der Waals surface area contributed by atoms with E-state index in [-0.39, 0.29) is 6.04 Å². The van der Waals surface area contributed by atoms with Crippen LogP contribution in [0.15, 0.2) is 18.7 Å². The van der Waals surface area contributed by atoms with E-state index in [1.54, 1.807) is 32.6 Å². The van der Waals surface area contributed by atoms with Crippen LogP contribution in [0.2, 0.25) is 0 Å². The van der Waals surface area contributed by atoms with Crippen LogP contribution in [0, 0.1) is 0 Å². The molecule has 1 aromatic rings. The van der Waals surface area contributed by atoms with Crippen LogP contribution in [0.5, 0.6) is 0 Å². The maximum Gasteiger partial charge on any atom is 0.214 e. The molecule has 0 fully saturated rings. The molecule has 5 nitrogen and oxygen atoms in total. The molecule has 0 amide bonds. The predicted molar refractivity (Wildman–Crippen MR) is 58.9 cm³/mol. The van der Waals surface area contributed by atoms with Crippen LogP contribution in [-0.2, 0) is 16.6 Å². The highest BCUT2D eigenvalue weighted by molar-refractivity contribution is 7.90. The lowest BCUT2D eigenvalue weighted by molar-refractivity contribution is 0.515. The summed E-state index contributed by atoms with van der Waals surface area (Å²) >= 11 is 0. The minimum atomic E-state index is -3.18. The highest BCUT2D eigenvalue weighted by Gasteiger charge is 2.18. The molecule has 0 radical (unpaired) electrons. The van der Waals surface area contributed by atoms with E-state index in [2.05, 4.69) is 9.71 Å². The van der Waals surface area contributed by atoms with Gasteiger partial charge >= 0.3 is 0 Å². The lowest BCUT2D eigenvalue weighted by Gasteiger charge is -2.16. The third kappa shape index (κ3) is 3.64. The summed E-state index contributed by atoms with van der Waals surface area (Å²) in [7, 11) is -3.18. The highest BCUT2D eigenvalue weighted by atomic mass is 32.2. The standard InChI is InChI=1S/C9H17N3O2S/c1-8(2)15(13,14)11-9(3)6-12-5-4-10-7-12/h4-5,7-9,11H,6H2,1-3H3. The summed E-state index contributed by atoms with van der Waals surface area (Å²) in [6.45, 7) is 5.74. The zero-order valence-corrected chi connectivity index (χ0v) is 10.0. The number of aromatic nitrogens is 2. The molecule has 0 saturated heterocycles. The number of sulfonamides is 1. The number of hydrogen-bond donors (Lipinski definition) is 1. The van der Waals surface area contributed by atoms with Crippen LogP contribution in [0.25, 0.3) is 0 Å². The summed E-state index contributed by atoms with van der Waals surface area (Å²) in [5.74, 6) is 0. The van der Waals surface area contributed by atoms with Crippen LogP contribution in [0.1, 0.15) is 20.8 Å². The van der Waals surface area contributed by atoms with E-state index in [9.17, 15) is 8.42 Å². The second kappa shape index (κ2) is 4.76. The third-order valence-corrected chi connectivity index (χ3v) is 4.00. The van der Waals surface area contributed by atoms with Gasteiger partial charge in [-0.2, -0.15) is 0 Å². The van der Waals surface area contributed by atoms with Gasteiger partial charge in [-0.25, -0.2) is 18.1 Å². The van der Waals surface area contributed by atoms with Gasteiger partial charge in [0.2, 0.25) is 10.0 Å². The fraction of sp³-hybridized carbons (Fsp3) is 0.667. The molecule has 0 aromatic carbocycles. The molecule has 15 heavy (non-hydrogen) atoms. The van der Waals surface area contributed by atoms with E-state index < -0.39 is 15.3 Å². The van der Waals surface area contributed by atoms with E-state index in [1.807, 2.05) is 11.5 Å². The average molecular weight is 231 g/mol. The van der Waals surface area contributed by atoms with Gasteiger partial charge in [-0.15, -0.1) is 0 Å². The van der Waals surface area contributed by atoms with Gasteiger partial charge in [-0.05, 0) is 20.8 Å². The van der Waals surface area contributed by atoms with Crippen molar-refractivity contribution in [3.8, 4) is 0 Å². The van der Waals surface area contributed by atoms with Gasteiger partial charge in [0.15, 0.2) is 0 Å². The van der Waals surface area contributed by atoms with Crippen molar-refractivity contribution in [3.05, 3.63) is 18.7 Å². The van der Waals surface area contributed by atoms with Crippen molar-refractivity contribution >= 4 is 10.0 Å². The minimum Gasteiger partial charge on any atom is -0.336 e. The molecule has 1 unspecified atom stereocenters. The summed E-state index contributed by atoms with van der Waals surface area (Å²) in [5, 5.41) is -0.400. The molecular formula is C9H17N3O2S. The monoisotopic (exact) mass is 231 g/mol. The van der Waals surface area contributed by atoms with Crippen LogP contribution < -0.4 is 4.72 Å². The van der Waals surface area contributed by atoms with Gasteiger partial charge < -0.3 is 4.57 Å². The first-order valence-electron chi connectivity index (χ1n) is 4.88. The largest absolute Gasteiger partial charge is 0.336 e. The lowest BCUT2D eigenvalue weighted by atomic mass is 10.4. The normalized spacial score (nSPS) is 14.4. The number of imidazole rings is 1. The summed E-state index contributed by atoms with van der Waals surface area (Å²) in [5.41, 5.74) is 0. The smallest absolute Gasteiger partial charge is 0.214 e.